The summed E-state index contributed by atoms with van der Waals surface area (Å²) in [7, 11) is 0. The van der Waals surface area contributed by atoms with Gasteiger partial charge >= 0.3 is 6.09 Å². The third-order valence-electron chi connectivity index (χ3n) is 3.42. The van der Waals surface area contributed by atoms with E-state index in [2.05, 4.69) is 50.4 Å². The van der Waals surface area contributed by atoms with E-state index >= 15 is 0 Å². The zero-order valence-electron chi connectivity index (χ0n) is 13.5. The molecule has 3 heteroatoms. The highest BCUT2D eigenvalue weighted by molar-refractivity contribution is 5.67. The van der Waals surface area contributed by atoms with Gasteiger partial charge in [0.05, 0.1) is 0 Å². The van der Waals surface area contributed by atoms with Crippen LogP contribution in [0.15, 0.2) is 24.3 Å². The average molecular weight is 277 g/mol. The first-order valence-electron chi connectivity index (χ1n) is 7.22. The Bertz CT molecular complexity index is 431. The van der Waals surface area contributed by atoms with Crippen LogP contribution in [0.25, 0.3) is 0 Å². The fourth-order valence-corrected chi connectivity index (χ4v) is 1.93. The van der Waals surface area contributed by atoms with Gasteiger partial charge in [-0.3, -0.25) is 0 Å². The number of carbonyl (C=O) groups excluding carboxylic acids is 1. The van der Waals surface area contributed by atoms with E-state index in [1.54, 1.807) is 0 Å². The lowest BCUT2D eigenvalue weighted by Crippen LogP contribution is -2.35. The summed E-state index contributed by atoms with van der Waals surface area (Å²) in [6.45, 7) is 12.6. The van der Waals surface area contributed by atoms with Crippen LogP contribution in [0.4, 0.5) is 4.79 Å². The summed E-state index contributed by atoms with van der Waals surface area (Å²) in [6.07, 6.45) is -0.347. The molecule has 1 amide bonds. The van der Waals surface area contributed by atoms with E-state index in [0.29, 0.717) is 18.4 Å². The van der Waals surface area contributed by atoms with E-state index in [1.807, 2.05) is 20.8 Å². The van der Waals surface area contributed by atoms with Gasteiger partial charge in [-0.2, -0.15) is 0 Å². The van der Waals surface area contributed by atoms with Gasteiger partial charge in [0.1, 0.15) is 5.60 Å². The molecule has 0 aromatic heterocycles. The maximum atomic E-state index is 11.6. The number of amides is 1. The van der Waals surface area contributed by atoms with Crippen molar-refractivity contribution in [3.8, 4) is 0 Å². The van der Waals surface area contributed by atoms with E-state index in [0.717, 1.165) is 0 Å². The van der Waals surface area contributed by atoms with Crippen molar-refractivity contribution in [3.05, 3.63) is 35.4 Å². The highest BCUT2D eigenvalue weighted by Crippen LogP contribution is 2.23. The molecule has 1 aromatic rings. The van der Waals surface area contributed by atoms with Crippen molar-refractivity contribution in [2.24, 2.45) is 5.92 Å². The van der Waals surface area contributed by atoms with Crippen LogP contribution in [0.5, 0.6) is 0 Å². The number of aryl methyl sites for hydroxylation is 1. The predicted molar refractivity (Wildman–Crippen MR) is 83.0 cm³/mol. The molecule has 0 bridgehead atoms. The highest BCUT2D eigenvalue weighted by atomic mass is 16.6. The first-order valence-corrected chi connectivity index (χ1v) is 7.22. The zero-order chi connectivity index (χ0) is 15.3. The molecule has 0 heterocycles. The van der Waals surface area contributed by atoms with E-state index in [9.17, 15) is 4.79 Å². The fraction of sp³-hybridized carbons (Fsp3) is 0.588. The first-order chi connectivity index (χ1) is 9.19. The average Bonchev–Trinajstić information content (AvgIpc) is 2.34. The van der Waals surface area contributed by atoms with Gasteiger partial charge in [-0.25, -0.2) is 4.79 Å². The summed E-state index contributed by atoms with van der Waals surface area (Å²) < 4.78 is 5.24. The second kappa shape index (κ2) is 6.78. The molecule has 1 rings (SSSR count). The van der Waals surface area contributed by atoms with Gasteiger partial charge in [0, 0.05) is 6.54 Å². The van der Waals surface area contributed by atoms with Crippen molar-refractivity contribution >= 4 is 6.09 Å². The molecule has 0 aliphatic rings. The SMILES string of the molecule is Cc1ccc([C@@H](C)[C@H](C)CNC(=O)OC(C)(C)C)cc1. The topological polar surface area (TPSA) is 38.3 Å². The van der Waals surface area contributed by atoms with Gasteiger partial charge in [-0.05, 0) is 45.1 Å². The Morgan fingerprint density at radius 3 is 2.25 bits per heavy atom. The second-order valence-corrected chi connectivity index (χ2v) is 6.56. The number of alkyl carbamates (subject to hydrolysis) is 1. The lowest BCUT2D eigenvalue weighted by molar-refractivity contribution is 0.0518. The Morgan fingerprint density at radius 1 is 1.20 bits per heavy atom. The molecule has 0 aliphatic heterocycles. The fourth-order valence-electron chi connectivity index (χ4n) is 1.93. The van der Waals surface area contributed by atoms with Crippen LogP contribution in [-0.4, -0.2) is 18.2 Å². The van der Waals surface area contributed by atoms with Crippen molar-refractivity contribution < 1.29 is 9.53 Å². The number of rotatable bonds is 4. The van der Waals surface area contributed by atoms with Crippen molar-refractivity contribution in [1.82, 2.24) is 5.32 Å². The Labute approximate surface area is 122 Å². The smallest absolute Gasteiger partial charge is 0.407 e. The predicted octanol–water partition coefficient (Wildman–Crippen LogP) is 4.26. The van der Waals surface area contributed by atoms with Gasteiger partial charge in [0.15, 0.2) is 0 Å². The molecule has 1 N–H and O–H groups in total. The summed E-state index contributed by atoms with van der Waals surface area (Å²) in [6, 6.07) is 8.56. The monoisotopic (exact) mass is 277 g/mol. The van der Waals surface area contributed by atoms with Crippen LogP contribution in [0, 0.1) is 12.8 Å². The maximum absolute atomic E-state index is 11.6. The molecular weight excluding hydrogens is 250 g/mol. The van der Waals surface area contributed by atoms with Crippen molar-refractivity contribution in [2.75, 3.05) is 6.54 Å². The molecule has 3 nitrogen and oxygen atoms in total. The van der Waals surface area contributed by atoms with E-state index in [1.165, 1.54) is 11.1 Å². The molecule has 0 saturated carbocycles. The van der Waals surface area contributed by atoms with E-state index in [-0.39, 0.29) is 6.09 Å². The van der Waals surface area contributed by atoms with Gasteiger partial charge in [0.25, 0.3) is 0 Å². The van der Waals surface area contributed by atoms with E-state index < -0.39 is 5.60 Å². The minimum absolute atomic E-state index is 0.347. The molecule has 0 radical (unpaired) electrons. The number of nitrogens with one attached hydrogen (secondary N) is 1. The van der Waals surface area contributed by atoms with Gasteiger partial charge in [-0.15, -0.1) is 0 Å². The Hall–Kier alpha value is -1.51. The molecule has 0 fully saturated rings. The van der Waals surface area contributed by atoms with Crippen LogP contribution in [0.1, 0.15) is 51.7 Å². The van der Waals surface area contributed by atoms with Gasteiger partial charge in [0.2, 0.25) is 0 Å². The molecule has 0 spiro atoms. The third-order valence-corrected chi connectivity index (χ3v) is 3.42. The molecule has 0 unspecified atom stereocenters. The van der Waals surface area contributed by atoms with Crippen LogP contribution >= 0.6 is 0 Å². The Kier molecular flexibility index (Phi) is 5.61. The molecule has 0 saturated heterocycles. The minimum atomic E-state index is -0.449. The van der Waals surface area contributed by atoms with Crippen molar-refractivity contribution in [2.45, 2.75) is 53.1 Å². The molecule has 0 aliphatic carbocycles. The zero-order valence-corrected chi connectivity index (χ0v) is 13.5. The second-order valence-electron chi connectivity index (χ2n) is 6.56. The summed E-state index contributed by atoms with van der Waals surface area (Å²) >= 11 is 0. The van der Waals surface area contributed by atoms with Crippen LogP contribution in [-0.2, 0) is 4.74 Å². The lowest BCUT2D eigenvalue weighted by Gasteiger charge is -2.23. The quantitative estimate of drug-likeness (QED) is 0.893. The summed E-state index contributed by atoms with van der Waals surface area (Å²) in [5, 5.41) is 2.84. The molecule has 2 atom stereocenters. The van der Waals surface area contributed by atoms with Gasteiger partial charge in [-0.1, -0.05) is 43.7 Å². The minimum Gasteiger partial charge on any atom is -0.444 e. The Balaban J connectivity index is 2.48. The number of carbonyl (C=O) groups is 1. The van der Waals surface area contributed by atoms with E-state index in [4.69, 9.17) is 4.74 Å². The molecule has 1 aromatic carbocycles. The van der Waals surface area contributed by atoms with Crippen molar-refractivity contribution in [1.29, 1.82) is 0 Å². The first kappa shape index (κ1) is 16.5. The summed E-state index contributed by atoms with van der Waals surface area (Å²) in [5.41, 5.74) is 2.12. The number of hydrogen-bond acceptors (Lipinski definition) is 2. The number of ether oxygens (including phenoxy) is 1. The summed E-state index contributed by atoms with van der Waals surface area (Å²) in [5.74, 6) is 0.746. The van der Waals surface area contributed by atoms with Crippen LogP contribution in [0.3, 0.4) is 0 Å². The third kappa shape index (κ3) is 5.64. The normalized spacial score (nSPS) is 14.5. The lowest BCUT2D eigenvalue weighted by atomic mass is 9.88. The molecular formula is C17H27NO2. The van der Waals surface area contributed by atoms with Crippen LogP contribution < -0.4 is 5.32 Å². The van der Waals surface area contributed by atoms with Crippen molar-refractivity contribution in [3.63, 3.8) is 0 Å². The Morgan fingerprint density at radius 2 is 1.75 bits per heavy atom. The number of benzene rings is 1. The number of hydrogen-bond donors (Lipinski definition) is 1. The largest absolute Gasteiger partial charge is 0.444 e. The highest BCUT2D eigenvalue weighted by Gasteiger charge is 2.19. The standard InChI is InChI=1S/C17H27NO2/c1-12-7-9-15(10-8-12)14(3)13(2)11-18-16(19)20-17(4,5)6/h7-10,13-14H,11H2,1-6H3,(H,18,19)/t13-,14+/m1/s1. The summed E-state index contributed by atoms with van der Waals surface area (Å²) in [4.78, 5) is 11.6. The molecule has 112 valence electrons. The maximum Gasteiger partial charge on any atom is 0.407 e. The van der Waals surface area contributed by atoms with Crippen LogP contribution in [0.2, 0.25) is 0 Å². The van der Waals surface area contributed by atoms with Gasteiger partial charge < -0.3 is 10.1 Å². The molecule has 20 heavy (non-hydrogen) atoms.